The molecule has 0 unspecified atom stereocenters. The maximum Gasteiger partial charge on any atom is 0.251 e. The van der Waals surface area contributed by atoms with Gasteiger partial charge in [0.05, 0.1) is 0 Å². The quantitative estimate of drug-likeness (QED) is 0.842. The van der Waals surface area contributed by atoms with Gasteiger partial charge in [0.15, 0.2) is 0 Å². The number of carbonyl (C=O) groups excluding carboxylic acids is 1. The van der Waals surface area contributed by atoms with Crippen LogP contribution in [0.3, 0.4) is 0 Å². The van der Waals surface area contributed by atoms with E-state index in [9.17, 15) is 4.79 Å². The second kappa shape index (κ2) is 6.96. The molecule has 5 heteroatoms. The Balaban J connectivity index is 2.18. The number of hydrogen-bond donors (Lipinski definition) is 2. The minimum Gasteiger partial charge on any atom is -0.381 e. The molecule has 21 heavy (non-hydrogen) atoms. The van der Waals surface area contributed by atoms with Crippen LogP contribution in [0.4, 0.5) is 5.69 Å². The summed E-state index contributed by atoms with van der Waals surface area (Å²) in [6.45, 7) is 2.53. The maximum absolute atomic E-state index is 11.8. The average Bonchev–Trinajstić information content (AvgIpc) is 2.47. The molecule has 1 amide bonds. The fourth-order valence-electron chi connectivity index (χ4n) is 2.06. The number of hydrogen-bond acceptors (Lipinski definition) is 2. The van der Waals surface area contributed by atoms with E-state index < -0.39 is 0 Å². The Hall–Kier alpha value is -1.52. The zero-order valence-electron chi connectivity index (χ0n) is 11.8. The van der Waals surface area contributed by atoms with Gasteiger partial charge in [-0.15, -0.1) is 0 Å². The van der Waals surface area contributed by atoms with Crippen LogP contribution in [0.1, 0.15) is 21.5 Å². The third kappa shape index (κ3) is 3.77. The van der Waals surface area contributed by atoms with Gasteiger partial charge in [0.1, 0.15) is 0 Å². The zero-order valence-corrected chi connectivity index (χ0v) is 14.2. The van der Waals surface area contributed by atoms with E-state index in [1.807, 2.05) is 43.3 Å². The molecule has 0 heterocycles. The normalized spacial score (nSPS) is 10.3. The number of amides is 1. The summed E-state index contributed by atoms with van der Waals surface area (Å²) in [5.74, 6) is -0.0853. The Morgan fingerprint density at radius 3 is 2.71 bits per heavy atom. The molecule has 0 bridgehead atoms. The van der Waals surface area contributed by atoms with Crippen LogP contribution in [0.2, 0.25) is 5.02 Å². The van der Waals surface area contributed by atoms with Gasteiger partial charge in [0.2, 0.25) is 0 Å². The molecule has 0 atom stereocenters. The van der Waals surface area contributed by atoms with Crippen LogP contribution in [-0.2, 0) is 6.54 Å². The second-order valence-corrected chi connectivity index (χ2v) is 5.97. The van der Waals surface area contributed by atoms with Gasteiger partial charge in [0.25, 0.3) is 5.91 Å². The van der Waals surface area contributed by atoms with Crippen LogP contribution >= 0.6 is 27.5 Å². The maximum atomic E-state index is 11.8. The summed E-state index contributed by atoms with van der Waals surface area (Å²) in [4.78, 5) is 11.8. The standard InChI is InChI=1S/C16H16BrClN2O/c1-10-13(16(21)19-2)4-3-5-15(10)20-9-11-6-7-12(17)8-14(11)18/h3-8,20H,9H2,1-2H3,(H,19,21). The summed E-state index contributed by atoms with van der Waals surface area (Å²) in [7, 11) is 1.63. The third-order valence-corrected chi connectivity index (χ3v) is 4.13. The van der Waals surface area contributed by atoms with E-state index in [2.05, 4.69) is 26.6 Å². The van der Waals surface area contributed by atoms with Crippen LogP contribution in [0.15, 0.2) is 40.9 Å². The molecule has 0 aliphatic carbocycles. The van der Waals surface area contributed by atoms with Gasteiger partial charge in [-0.05, 0) is 42.3 Å². The summed E-state index contributed by atoms with van der Waals surface area (Å²) in [6.07, 6.45) is 0. The van der Waals surface area contributed by atoms with Crippen LogP contribution in [0.25, 0.3) is 0 Å². The first kappa shape index (κ1) is 15.9. The molecule has 2 aromatic rings. The highest BCUT2D eigenvalue weighted by atomic mass is 79.9. The fraction of sp³-hybridized carbons (Fsp3) is 0.188. The van der Waals surface area contributed by atoms with E-state index in [0.717, 1.165) is 21.3 Å². The molecule has 2 N–H and O–H groups in total. The van der Waals surface area contributed by atoms with Gasteiger partial charge in [-0.25, -0.2) is 0 Å². The molecule has 0 radical (unpaired) electrons. The monoisotopic (exact) mass is 366 g/mol. The van der Waals surface area contributed by atoms with Crippen molar-refractivity contribution in [2.45, 2.75) is 13.5 Å². The summed E-state index contributed by atoms with van der Waals surface area (Å²) in [6, 6.07) is 11.4. The molecule has 0 saturated carbocycles. The highest BCUT2D eigenvalue weighted by Crippen LogP contribution is 2.24. The van der Waals surface area contributed by atoms with Crippen molar-refractivity contribution in [3.05, 3.63) is 62.6 Å². The molecule has 0 aromatic heterocycles. The van der Waals surface area contributed by atoms with Crippen molar-refractivity contribution in [2.75, 3.05) is 12.4 Å². The molecule has 0 fully saturated rings. The molecule has 0 aliphatic heterocycles. The summed E-state index contributed by atoms with van der Waals surface area (Å²) in [5.41, 5.74) is 3.52. The second-order valence-electron chi connectivity index (χ2n) is 4.65. The van der Waals surface area contributed by atoms with Crippen molar-refractivity contribution >= 4 is 39.1 Å². The van der Waals surface area contributed by atoms with Crippen LogP contribution in [0, 0.1) is 6.92 Å². The lowest BCUT2D eigenvalue weighted by Gasteiger charge is -2.13. The topological polar surface area (TPSA) is 41.1 Å². The van der Waals surface area contributed by atoms with Gasteiger partial charge in [-0.3, -0.25) is 4.79 Å². The van der Waals surface area contributed by atoms with Crippen molar-refractivity contribution in [3.8, 4) is 0 Å². The first-order chi connectivity index (χ1) is 10.0. The van der Waals surface area contributed by atoms with Crippen molar-refractivity contribution in [1.29, 1.82) is 0 Å². The van der Waals surface area contributed by atoms with Gasteiger partial charge in [-0.2, -0.15) is 0 Å². The van der Waals surface area contributed by atoms with E-state index in [1.165, 1.54) is 0 Å². The molecule has 2 aromatic carbocycles. The number of anilines is 1. The highest BCUT2D eigenvalue weighted by molar-refractivity contribution is 9.10. The SMILES string of the molecule is CNC(=O)c1cccc(NCc2ccc(Br)cc2Cl)c1C. The number of halogens is 2. The van der Waals surface area contributed by atoms with Gasteiger partial charge < -0.3 is 10.6 Å². The van der Waals surface area contributed by atoms with E-state index in [1.54, 1.807) is 7.05 Å². The lowest BCUT2D eigenvalue weighted by Crippen LogP contribution is -2.19. The number of benzene rings is 2. The molecule has 110 valence electrons. The van der Waals surface area contributed by atoms with Crippen molar-refractivity contribution in [3.63, 3.8) is 0 Å². The molecular weight excluding hydrogens is 352 g/mol. The molecule has 0 spiro atoms. The van der Waals surface area contributed by atoms with Crippen LogP contribution in [0.5, 0.6) is 0 Å². The predicted octanol–water partition coefficient (Wildman–Crippen LogP) is 4.38. The largest absolute Gasteiger partial charge is 0.381 e. The molecule has 0 aliphatic rings. The van der Waals surface area contributed by atoms with Crippen LogP contribution < -0.4 is 10.6 Å². The zero-order chi connectivity index (χ0) is 15.4. The third-order valence-electron chi connectivity index (χ3n) is 3.29. The molecule has 2 rings (SSSR count). The Kier molecular flexibility index (Phi) is 5.26. The minimum atomic E-state index is -0.0853. The molecular formula is C16H16BrClN2O. The predicted molar refractivity (Wildman–Crippen MR) is 91.0 cm³/mol. The smallest absolute Gasteiger partial charge is 0.251 e. The van der Waals surface area contributed by atoms with Crippen LogP contribution in [-0.4, -0.2) is 13.0 Å². The number of nitrogens with one attached hydrogen (secondary N) is 2. The summed E-state index contributed by atoms with van der Waals surface area (Å²) < 4.78 is 0.953. The van der Waals surface area contributed by atoms with E-state index >= 15 is 0 Å². The Bertz CT molecular complexity index is 673. The summed E-state index contributed by atoms with van der Waals surface area (Å²) in [5, 5.41) is 6.68. The summed E-state index contributed by atoms with van der Waals surface area (Å²) >= 11 is 9.59. The highest BCUT2D eigenvalue weighted by Gasteiger charge is 2.10. The van der Waals surface area contributed by atoms with Gasteiger partial charge in [-0.1, -0.05) is 39.7 Å². The Morgan fingerprint density at radius 1 is 1.29 bits per heavy atom. The minimum absolute atomic E-state index is 0.0853. The number of rotatable bonds is 4. The molecule has 0 saturated heterocycles. The average molecular weight is 368 g/mol. The van der Waals surface area contributed by atoms with E-state index in [-0.39, 0.29) is 5.91 Å². The number of carbonyl (C=O) groups is 1. The first-order valence-electron chi connectivity index (χ1n) is 6.52. The Morgan fingerprint density at radius 2 is 2.05 bits per heavy atom. The first-order valence-corrected chi connectivity index (χ1v) is 7.69. The Labute approximate surface area is 137 Å². The fourth-order valence-corrected chi connectivity index (χ4v) is 2.80. The van der Waals surface area contributed by atoms with Crippen molar-refractivity contribution in [2.24, 2.45) is 0 Å². The lowest BCUT2D eigenvalue weighted by atomic mass is 10.1. The lowest BCUT2D eigenvalue weighted by molar-refractivity contribution is 0.0962. The van der Waals surface area contributed by atoms with E-state index in [4.69, 9.17) is 11.6 Å². The van der Waals surface area contributed by atoms with Crippen molar-refractivity contribution < 1.29 is 4.79 Å². The van der Waals surface area contributed by atoms with E-state index in [0.29, 0.717) is 17.1 Å². The van der Waals surface area contributed by atoms with Crippen molar-refractivity contribution in [1.82, 2.24) is 5.32 Å². The van der Waals surface area contributed by atoms with Gasteiger partial charge in [0, 0.05) is 34.3 Å². The molecule has 3 nitrogen and oxygen atoms in total. The van der Waals surface area contributed by atoms with Gasteiger partial charge >= 0.3 is 0 Å².